The second-order valence-corrected chi connectivity index (χ2v) is 6.94. The van der Waals surface area contributed by atoms with Crippen LogP contribution in [0.1, 0.15) is 41.4 Å². The monoisotopic (exact) mass is 488 g/mol. The summed E-state index contributed by atoms with van der Waals surface area (Å²) in [5.41, 5.74) is 1.88. The summed E-state index contributed by atoms with van der Waals surface area (Å²) in [6.07, 6.45) is 0. The maximum absolute atomic E-state index is 10.9. The lowest BCUT2D eigenvalue weighted by molar-refractivity contribution is 0.00230. The average Bonchev–Trinajstić information content (AvgIpc) is 3.33. The molecule has 2 aliphatic heterocycles. The molecule has 4 amide bonds. The average molecular weight is 488 g/mol. The molecule has 4 N–H and O–H groups in total. The minimum Gasteiger partial charge on any atom is -0.394 e. The third-order valence-electron chi connectivity index (χ3n) is 4.50. The Bertz CT molecular complexity index is 864. The van der Waals surface area contributed by atoms with Crippen LogP contribution in [0.5, 0.6) is 0 Å². The number of amides is 4. The molecule has 0 radical (unpaired) electrons. The molecular weight excluding hydrogens is 460 g/mol. The van der Waals surface area contributed by atoms with E-state index in [1.165, 1.54) is 0 Å². The molecule has 2 aliphatic rings. The van der Waals surface area contributed by atoms with Gasteiger partial charge in [-0.3, -0.25) is 29.8 Å². The summed E-state index contributed by atoms with van der Waals surface area (Å²) in [6.45, 7) is 2.76. The van der Waals surface area contributed by atoms with Crippen molar-refractivity contribution in [1.82, 2.24) is 10.6 Å². The van der Waals surface area contributed by atoms with Crippen LogP contribution in [0.25, 0.3) is 0 Å². The number of fused-ring (bicyclic) bond motifs is 2. The lowest BCUT2D eigenvalue weighted by Crippen LogP contribution is -2.19. The van der Waals surface area contributed by atoms with E-state index in [4.69, 9.17) is 24.4 Å². The van der Waals surface area contributed by atoms with Crippen molar-refractivity contribution in [3.63, 3.8) is 0 Å². The van der Waals surface area contributed by atoms with Gasteiger partial charge >= 0.3 is 0 Å². The Hall–Kier alpha value is -3.48. The van der Waals surface area contributed by atoms with Crippen molar-refractivity contribution in [3.05, 3.63) is 70.8 Å². The second-order valence-electron chi connectivity index (χ2n) is 6.94. The fraction of sp³-hybridized carbons (Fsp3) is 0.333. The van der Waals surface area contributed by atoms with Crippen LogP contribution in [-0.2, 0) is 14.2 Å². The van der Waals surface area contributed by atoms with Crippen molar-refractivity contribution in [2.75, 3.05) is 52.9 Å². The van der Waals surface area contributed by atoms with Crippen LogP contribution >= 0.6 is 0 Å². The molecule has 35 heavy (non-hydrogen) atoms. The van der Waals surface area contributed by atoms with Crippen LogP contribution in [-0.4, -0.2) is 86.7 Å². The van der Waals surface area contributed by atoms with Crippen LogP contribution in [0.4, 0.5) is 0 Å². The number of imide groups is 2. The van der Waals surface area contributed by atoms with E-state index < -0.39 is 0 Å². The molecule has 11 nitrogen and oxygen atoms in total. The van der Waals surface area contributed by atoms with Gasteiger partial charge in [-0.05, 0) is 24.3 Å². The predicted molar refractivity (Wildman–Crippen MR) is 123 cm³/mol. The number of hydrogen-bond acceptors (Lipinski definition) is 9. The molecule has 0 aliphatic carbocycles. The summed E-state index contributed by atoms with van der Waals surface area (Å²) in [4.78, 5) is 43.8. The van der Waals surface area contributed by atoms with Gasteiger partial charge in [0.1, 0.15) is 0 Å². The molecule has 0 saturated carbocycles. The summed E-state index contributed by atoms with van der Waals surface area (Å²) in [5, 5.41) is 21.1. The van der Waals surface area contributed by atoms with Crippen molar-refractivity contribution < 1.29 is 43.6 Å². The Morgan fingerprint density at radius 2 is 0.743 bits per heavy atom. The molecule has 0 fully saturated rings. The van der Waals surface area contributed by atoms with Crippen molar-refractivity contribution >= 4 is 23.6 Å². The van der Waals surface area contributed by atoms with E-state index in [2.05, 4.69) is 10.6 Å². The smallest absolute Gasteiger partial charge is 0.258 e. The largest absolute Gasteiger partial charge is 0.394 e. The van der Waals surface area contributed by atoms with Crippen LogP contribution in [0.3, 0.4) is 0 Å². The molecular formula is C24H28N2O9. The molecule has 0 bridgehead atoms. The lowest BCUT2D eigenvalue weighted by Gasteiger charge is -2.04. The zero-order chi connectivity index (χ0) is 25.5. The van der Waals surface area contributed by atoms with Crippen LogP contribution in [0.15, 0.2) is 48.5 Å². The molecule has 4 rings (SSSR count). The molecule has 0 spiro atoms. The molecule has 0 atom stereocenters. The number of nitrogens with one attached hydrogen (secondary N) is 2. The van der Waals surface area contributed by atoms with E-state index in [0.717, 1.165) is 0 Å². The number of aliphatic hydroxyl groups is 2. The van der Waals surface area contributed by atoms with Gasteiger partial charge in [-0.1, -0.05) is 24.3 Å². The topological polar surface area (TPSA) is 160 Å². The van der Waals surface area contributed by atoms with E-state index in [9.17, 15) is 19.2 Å². The number of carbonyl (C=O) groups excluding carboxylic acids is 4. The Kier molecular flexibility index (Phi) is 12.2. The van der Waals surface area contributed by atoms with Crippen molar-refractivity contribution in [2.45, 2.75) is 0 Å². The Balaban J connectivity index is 0.000000185. The number of ether oxygens (including phenoxy) is 3. The zero-order valence-electron chi connectivity index (χ0n) is 19.0. The highest BCUT2D eigenvalue weighted by Gasteiger charge is 2.25. The zero-order valence-corrected chi connectivity index (χ0v) is 19.0. The van der Waals surface area contributed by atoms with Crippen LogP contribution in [0.2, 0.25) is 0 Å². The molecule has 2 heterocycles. The van der Waals surface area contributed by atoms with E-state index in [0.29, 0.717) is 61.9 Å². The summed E-state index contributed by atoms with van der Waals surface area (Å²) in [6, 6.07) is 13.5. The highest BCUT2D eigenvalue weighted by molar-refractivity contribution is 6.22. The van der Waals surface area contributed by atoms with E-state index >= 15 is 0 Å². The Morgan fingerprint density at radius 3 is 1.00 bits per heavy atom. The number of rotatable bonds is 10. The van der Waals surface area contributed by atoms with E-state index in [-0.39, 0.29) is 36.8 Å². The number of carbonyl (C=O) groups is 4. The summed E-state index contributed by atoms with van der Waals surface area (Å²) in [7, 11) is 0. The first-order chi connectivity index (χ1) is 17.0. The maximum atomic E-state index is 10.9. The standard InChI is InChI=1S/2C8H5NO2.C8H18O5/c2*10-7-5-3-1-2-4-6(5)8(11)9-7;9-1-3-11-5-7-13-8-6-12-4-2-10/h2*1-4H,(H,9,10,11);9-10H,1-8H2. The minimum absolute atomic E-state index is 0.0413. The molecule has 0 aromatic heterocycles. The lowest BCUT2D eigenvalue weighted by atomic mass is 10.1. The Morgan fingerprint density at radius 1 is 0.486 bits per heavy atom. The van der Waals surface area contributed by atoms with Crippen LogP contribution in [0, 0.1) is 0 Å². The second kappa shape index (κ2) is 15.4. The van der Waals surface area contributed by atoms with Gasteiger partial charge < -0.3 is 24.4 Å². The van der Waals surface area contributed by atoms with Crippen LogP contribution < -0.4 is 10.6 Å². The Labute approximate surface area is 202 Å². The summed E-state index contributed by atoms with van der Waals surface area (Å²) >= 11 is 0. The minimum atomic E-state index is -0.300. The molecule has 188 valence electrons. The summed E-state index contributed by atoms with van der Waals surface area (Å²) < 4.78 is 15.0. The van der Waals surface area contributed by atoms with Gasteiger partial charge in [0, 0.05) is 0 Å². The number of benzene rings is 2. The van der Waals surface area contributed by atoms with Gasteiger partial charge in [0.2, 0.25) is 0 Å². The molecule has 0 saturated heterocycles. The third-order valence-corrected chi connectivity index (χ3v) is 4.50. The highest BCUT2D eigenvalue weighted by Crippen LogP contribution is 2.14. The molecule has 2 aromatic carbocycles. The van der Waals surface area contributed by atoms with Crippen molar-refractivity contribution in [3.8, 4) is 0 Å². The van der Waals surface area contributed by atoms with E-state index in [1.54, 1.807) is 48.5 Å². The predicted octanol–water partition coefficient (Wildman–Crippen LogP) is 0.161. The van der Waals surface area contributed by atoms with Gasteiger partial charge in [0.05, 0.1) is 75.1 Å². The fourth-order valence-corrected chi connectivity index (χ4v) is 2.90. The van der Waals surface area contributed by atoms with Gasteiger partial charge in [0.25, 0.3) is 23.6 Å². The van der Waals surface area contributed by atoms with Gasteiger partial charge in [0.15, 0.2) is 0 Å². The van der Waals surface area contributed by atoms with Gasteiger partial charge in [-0.2, -0.15) is 0 Å². The first kappa shape index (κ1) is 27.8. The van der Waals surface area contributed by atoms with Crippen molar-refractivity contribution in [1.29, 1.82) is 0 Å². The maximum Gasteiger partial charge on any atom is 0.258 e. The van der Waals surface area contributed by atoms with E-state index in [1.807, 2.05) is 0 Å². The number of hydrogen-bond donors (Lipinski definition) is 4. The fourth-order valence-electron chi connectivity index (χ4n) is 2.90. The third kappa shape index (κ3) is 9.00. The first-order valence-corrected chi connectivity index (χ1v) is 10.8. The quantitative estimate of drug-likeness (QED) is 0.270. The normalized spacial score (nSPS) is 13.1. The molecule has 2 aromatic rings. The molecule has 11 heteroatoms. The van der Waals surface area contributed by atoms with Crippen molar-refractivity contribution in [2.24, 2.45) is 0 Å². The number of aliphatic hydroxyl groups excluding tert-OH is 2. The van der Waals surface area contributed by atoms with Gasteiger partial charge in [-0.15, -0.1) is 0 Å². The first-order valence-electron chi connectivity index (χ1n) is 10.8. The molecule has 0 unspecified atom stereocenters. The van der Waals surface area contributed by atoms with Gasteiger partial charge in [-0.25, -0.2) is 0 Å². The highest BCUT2D eigenvalue weighted by atomic mass is 16.5. The SMILES string of the molecule is O=C1NC(=O)c2ccccc21.O=C1NC(=O)c2ccccc21.OCCOCCOCCOCCO. The summed E-state index contributed by atoms with van der Waals surface area (Å²) in [5.74, 6) is -1.20.